The second kappa shape index (κ2) is 8.60. The van der Waals surface area contributed by atoms with E-state index in [1.54, 1.807) is 21.4 Å². The molecule has 4 aromatic heterocycles. The van der Waals surface area contributed by atoms with Crippen molar-refractivity contribution in [1.29, 1.82) is 0 Å². The second-order valence-corrected chi connectivity index (χ2v) is 11.5. The van der Waals surface area contributed by atoms with Gasteiger partial charge in [0.1, 0.15) is 12.1 Å². The molecule has 2 unspecified atom stereocenters. The Labute approximate surface area is 243 Å². The Hall–Kier alpha value is -5.32. The highest BCUT2D eigenvalue weighted by molar-refractivity contribution is 6.10. The predicted molar refractivity (Wildman–Crippen MR) is 165 cm³/mol. The first kappa shape index (κ1) is 24.3. The highest BCUT2D eigenvalue weighted by Gasteiger charge is 2.33. The van der Waals surface area contributed by atoms with Crippen LogP contribution >= 0.6 is 0 Å². The Bertz CT molecular complexity index is 2300. The maximum absolute atomic E-state index is 13.8. The number of nitrogens with zero attached hydrogens (tertiary/aromatic N) is 2. The van der Waals surface area contributed by atoms with Crippen LogP contribution in [-0.2, 0) is 12.8 Å². The predicted octanol–water partition coefficient (Wildman–Crippen LogP) is 4.90. The molecule has 2 aliphatic rings. The van der Waals surface area contributed by atoms with E-state index in [0.29, 0.717) is 18.5 Å². The Morgan fingerprint density at radius 2 is 1.30 bits per heavy atom. The number of nitrogens with one attached hydrogen (secondary N) is 4. The number of aromatic nitrogens is 4. The number of carbonyl (C=O) groups excluding carboxylic acids is 2. The summed E-state index contributed by atoms with van der Waals surface area (Å²) in [6.45, 7) is 0. The molecule has 9 rings (SSSR count). The molecule has 6 heterocycles. The van der Waals surface area contributed by atoms with E-state index in [0.717, 1.165) is 66.1 Å². The van der Waals surface area contributed by atoms with Gasteiger partial charge in [0.25, 0.3) is 11.8 Å². The average Bonchev–Trinajstić information content (AvgIpc) is 3.84. The van der Waals surface area contributed by atoms with Crippen molar-refractivity contribution in [3.63, 3.8) is 0 Å². The third-order valence-corrected chi connectivity index (χ3v) is 9.15. The van der Waals surface area contributed by atoms with E-state index in [2.05, 4.69) is 26.7 Å². The Morgan fingerprint density at radius 3 is 2.02 bits per heavy atom. The van der Waals surface area contributed by atoms with E-state index < -0.39 is 12.3 Å². The number of hydrogen-bond acceptors (Lipinski definition) is 6. The van der Waals surface area contributed by atoms with E-state index in [1.165, 1.54) is 0 Å². The van der Waals surface area contributed by atoms with Crippen molar-refractivity contribution in [2.45, 2.75) is 31.2 Å². The normalized spacial score (nSPS) is 17.7. The monoisotopic (exact) mass is 570 g/mol. The number of benzene rings is 3. The van der Waals surface area contributed by atoms with Crippen LogP contribution in [0, 0.1) is 0 Å². The zero-order chi connectivity index (χ0) is 29.0. The number of H-pyrrole nitrogens is 2. The average molecular weight is 571 g/mol. The number of rotatable bonds is 3. The number of aliphatic hydroxyl groups excluding tert-OH is 1. The largest absolute Gasteiger partial charge is 0.373 e. The van der Waals surface area contributed by atoms with Crippen LogP contribution in [0.5, 0.6) is 0 Å². The second-order valence-electron chi connectivity index (χ2n) is 11.5. The van der Waals surface area contributed by atoms with E-state index in [-0.39, 0.29) is 17.9 Å². The van der Waals surface area contributed by atoms with Crippen LogP contribution in [0.15, 0.2) is 79.3 Å². The van der Waals surface area contributed by atoms with Gasteiger partial charge in [-0.25, -0.2) is 0 Å². The van der Waals surface area contributed by atoms with Crippen molar-refractivity contribution in [3.8, 4) is 0 Å². The van der Waals surface area contributed by atoms with Gasteiger partial charge in [-0.3, -0.25) is 18.7 Å². The molecule has 6 N–H and O–H groups in total. The highest BCUT2D eigenvalue weighted by atomic mass is 16.5. The Kier molecular flexibility index (Phi) is 4.86. The van der Waals surface area contributed by atoms with E-state index >= 15 is 0 Å². The number of fused-ring (bicyclic) bond motifs is 9. The van der Waals surface area contributed by atoms with Crippen LogP contribution < -0.4 is 10.6 Å². The van der Waals surface area contributed by atoms with Crippen LogP contribution in [0.25, 0.3) is 43.6 Å². The minimum Gasteiger partial charge on any atom is -0.373 e. The first-order chi connectivity index (χ1) is 20.9. The van der Waals surface area contributed by atoms with Crippen LogP contribution in [0.1, 0.15) is 32.7 Å². The van der Waals surface area contributed by atoms with Crippen LogP contribution in [-0.4, -0.2) is 53.2 Å². The van der Waals surface area contributed by atoms with Gasteiger partial charge >= 0.3 is 0 Å². The molecule has 10 nitrogen and oxygen atoms in total. The van der Waals surface area contributed by atoms with E-state index in [9.17, 15) is 19.8 Å². The molecule has 0 radical (unpaired) electrons. The van der Waals surface area contributed by atoms with Crippen molar-refractivity contribution >= 4 is 66.8 Å². The minimum absolute atomic E-state index is 0.0137. The fourth-order valence-electron chi connectivity index (χ4n) is 7.08. The lowest BCUT2D eigenvalue weighted by Crippen LogP contribution is -2.31. The van der Waals surface area contributed by atoms with Crippen LogP contribution in [0.4, 0.5) is 11.4 Å². The minimum atomic E-state index is -1.60. The maximum Gasteiger partial charge on any atom is 0.253 e. The zero-order valence-electron chi connectivity index (χ0n) is 22.8. The summed E-state index contributed by atoms with van der Waals surface area (Å²) in [4.78, 5) is 33.8. The third kappa shape index (κ3) is 3.41. The lowest BCUT2D eigenvalue weighted by molar-refractivity contribution is -0.0453. The molecule has 7 aromatic rings. The van der Waals surface area contributed by atoms with Crippen molar-refractivity contribution in [1.82, 2.24) is 19.1 Å². The van der Waals surface area contributed by atoms with E-state index in [1.807, 2.05) is 60.9 Å². The van der Waals surface area contributed by atoms with Gasteiger partial charge in [0, 0.05) is 75.4 Å². The van der Waals surface area contributed by atoms with E-state index in [4.69, 9.17) is 0 Å². The molecule has 10 heteroatoms. The molecule has 0 bridgehead atoms. The Morgan fingerprint density at radius 1 is 0.698 bits per heavy atom. The van der Waals surface area contributed by atoms with Gasteiger partial charge in [0.2, 0.25) is 0 Å². The summed E-state index contributed by atoms with van der Waals surface area (Å²) in [6.07, 6.45) is 5.03. The molecular formula is C33H26N6O4. The lowest BCUT2D eigenvalue weighted by atomic mass is 10.0. The SMILES string of the molecule is O=C(C1Cc2c(ccc3[nH]ccc23)N1)n1ccc2c3c(ccc21)NC(C(=O)n1ccc2c4cc(C(O)O)[nH]c4ccc21)C3. The summed E-state index contributed by atoms with van der Waals surface area (Å²) in [5.41, 5.74) is 7.76. The molecule has 0 spiro atoms. The van der Waals surface area contributed by atoms with Gasteiger partial charge in [-0.15, -0.1) is 0 Å². The molecule has 212 valence electrons. The summed E-state index contributed by atoms with van der Waals surface area (Å²) in [5.74, 6) is -0.101. The van der Waals surface area contributed by atoms with Gasteiger partial charge in [0.15, 0.2) is 6.29 Å². The number of aromatic amines is 2. The summed E-state index contributed by atoms with van der Waals surface area (Å²) in [6, 6.07) is 18.4. The lowest BCUT2D eigenvalue weighted by Gasteiger charge is -2.12. The summed E-state index contributed by atoms with van der Waals surface area (Å²) in [7, 11) is 0. The number of hydrogen-bond donors (Lipinski definition) is 6. The summed E-state index contributed by atoms with van der Waals surface area (Å²) >= 11 is 0. The standard InChI is InChI=1S/C33H26N6O4/c40-31(26-13-19-16-7-10-34-22(16)1-2-23(19)35-26)38-11-8-17-20-14-27(36-24(20)3-5-29(17)38)32(41)39-12-9-18-21-15-28(33(42)43)37-25(21)4-6-30(18)39/h1-12,15,26-27,33-37,42-43H,13-14H2. The van der Waals surface area contributed by atoms with Crippen LogP contribution in [0.3, 0.4) is 0 Å². The van der Waals surface area contributed by atoms with Crippen LogP contribution in [0.2, 0.25) is 0 Å². The molecule has 3 aromatic carbocycles. The molecule has 0 saturated carbocycles. The van der Waals surface area contributed by atoms with Crippen molar-refractivity contribution in [2.24, 2.45) is 0 Å². The van der Waals surface area contributed by atoms with Gasteiger partial charge in [-0.1, -0.05) is 0 Å². The molecule has 0 saturated heterocycles. The number of carbonyl (C=O) groups is 2. The number of anilines is 2. The summed E-state index contributed by atoms with van der Waals surface area (Å²) in [5, 5.41) is 29.7. The molecule has 43 heavy (non-hydrogen) atoms. The van der Waals surface area contributed by atoms with Gasteiger partial charge < -0.3 is 30.8 Å². The van der Waals surface area contributed by atoms with Gasteiger partial charge in [-0.05, 0) is 71.8 Å². The quantitative estimate of drug-likeness (QED) is 0.167. The molecular weight excluding hydrogens is 544 g/mol. The molecule has 0 amide bonds. The maximum atomic E-state index is 13.8. The van der Waals surface area contributed by atoms with Gasteiger partial charge in [-0.2, -0.15) is 0 Å². The smallest absolute Gasteiger partial charge is 0.253 e. The fraction of sp³-hybridized carbons (Fsp3) is 0.152. The highest BCUT2D eigenvalue weighted by Crippen LogP contribution is 2.37. The van der Waals surface area contributed by atoms with Crippen molar-refractivity contribution in [2.75, 3.05) is 10.6 Å². The Balaban J connectivity index is 1.00. The zero-order valence-corrected chi connectivity index (χ0v) is 22.8. The van der Waals surface area contributed by atoms with Crippen molar-refractivity contribution < 1.29 is 19.8 Å². The van der Waals surface area contributed by atoms with Crippen molar-refractivity contribution in [3.05, 3.63) is 96.1 Å². The summed E-state index contributed by atoms with van der Waals surface area (Å²) < 4.78 is 3.37. The topological polar surface area (TPSA) is 140 Å². The first-order valence-corrected chi connectivity index (χ1v) is 14.3. The molecule has 2 atom stereocenters. The molecule has 2 aliphatic heterocycles. The first-order valence-electron chi connectivity index (χ1n) is 14.3. The van der Waals surface area contributed by atoms with Gasteiger partial charge in [0.05, 0.1) is 16.7 Å². The molecule has 0 aliphatic carbocycles. The fourth-order valence-corrected chi connectivity index (χ4v) is 7.08. The molecule has 0 fully saturated rings. The third-order valence-electron chi connectivity index (χ3n) is 9.15. The number of aliphatic hydroxyl groups is 2.